The number of pyridine rings is 1. The fourth-order valence-corrected chi connectivity index (χ4v) is 4.46. The van der Waals surface area contributed by atoms with Crippen molar-refractivity contribution in [3.63, 3.8) is 0 Å². The van der Waals surface area contributed by atoms with Crippen molar-refractivity contribution in [1.29, 1.82) is 0 Å². The molecule has 37 heavy (non-hydrogen) atoms. The van der Waals surface area contributed by atoms with Gasteiger partial charge in [0.05, 0.1) is 5.57 Å². The number of ether oxygens (including phenoxy) is 1. The van der Waals surface area contributed by atoms with Gasteiger partial charge in [-0.3, -0.25) is 14.6 Å². The van der Waals surface area contributed by atoms with E-state index in [0.717, 1.165) is 16.7 Å². The Morgan fingerprint density at radius 1 is 1.00 bits per heavy atom. The van der Waals surface area contributed by atoms with Gasteiger partial charge in [0.25, 0.3) is 11.7 Å². The average Bonchev–Trinajstić information content (AvgIpc) is 3.44. The lowest BCUT2D eigenvalue weighted by Gasteiger charge is -2.23. The van der Waals surface area contributed by atoms with Crippen molar-refractivity contribution < 1.29 is 23.8 Å². The Balaban J connectivity index is 1.45. The molecule has 0 radical (unpaired) electrons. The van der Waals surface area contributed by atoms with Crippen molar-refractivity contribution in [2.24, 2.45) is 0 Å². The minimum Gasteiger partial charge on any atom is -0.507 e. The number of nitrogens with zero attached hydrogens (tertiary/aromatic N) is 2. The van der Waals surface area contributed by atoms with Crippen molar-refractivity contribution in [3.8, 4) is 5.75 Å². The van der Waals surface area contributed by atoms with Crippen molar-refractivity contribution >= 4 is 17.4 Å². The van der Waals surface area contributed by atoms with Crippen LogP contribution in [0.4, 0.5) is 0 Å². The first-order valence-electron chi connectivity index (χ1n) is 11.9. The van der Waals surface area contributed by atoms with Crippen LogP contribution in [0.2, 0.25) is 0 Å². The van der Waals surface area contributed by atoms with E-state index in [4.69, 9.17) is 9.15 Å². The number of aliphatic hydroxyl groups excluding tert-OH is 1. The number of carbonyl (C=O) groups excluding carboxylic acids is 2. The zero-order valence-corrected chi connectivity index (χ0v) is 20.5. The van der Waals surface area contributed by atoms with E-state index in [0.29, 0.717) is 29.4 Å². The molecule has 7 heteroatoms. The first kappa shape index (κ1) is 24.1. The number of ketones is 1. The largest absolute Gasteiger partial charge is 0.507 e. The van der Waals surface area contributed by atoms with Gasteiger partial charge in [-0.1, -0.05) is 35.9 Å². The van der Waals surface area contributed by atoms with Gasteiger partial charge in [0.2, 0.25) is 0 Å². The normalized spacial score (nSPS) is 16.8. The summed E-state index contributed by atoms with van der Waals surface area (Å²) < 4.78 is 11.7. The molecule has 1 fully saturated rings. The molecule has 1 amide bonds. The minimum absolute atomic E-state index is 0.0170. The number of benzene rings is 2. The molecule has 7 nitrogen and oxygen atoms in total. The van der Waals surface area contributed by atoms with Crippen molar-refractivity contribution in [2.75, 3.05) is 0 Å². The van der Waals surface area contributed by atoms with Gasteiger partial charge in [-0.15, -0.1) is 0 Å². The summed E-state index contributed by atoms with van der Waals surface area (Å²) in [5.41, 5.74) is 3.34. The van der Waals surface area contributed by atoms with Crippen LogP contribution < -0.4 is 4.74 Å². The van der Waals surface area contributed by atoms with Crippen LogP contribution in [0.25, 0.3) is 5.76 Å². The van der Waals surface area contributed by atoms with Crippen molar-refractivity contribution in [2.45, 2.75) is 33.0 Å². The topological polar surface area (TPSA) is 92.9 Å². The molecule has 1 aliphatic heterocycles. The number of likely N-dealkylation sites (tertiary alicyclic amines) is 1. The van der Waals surface area contributed by atoms with Gasteiger partial charge in [0.15, 0.2) is 0 Å². The fourth-order valence-electron chi connectivity index (χ4n) is 4.46. The van der Waals surface area contributed by atoms with Gasteiger partial charge in [-0.2, -0.15) is 0 Å². The number of hydrogen-bond donors (Lipinski definition) is 1. The first-order valence-corrected chi connectivity index (χ1v) is 11.9. The van der Waals surface area contributed by atoms with Crippen molar-refractivity contribution in [1.82, 2.24) is 9.88 Å². The highest BCUT2D eigenvalue weighted by Gasteiger charge is 2.47. The average molecular weight is 495 g/mol. The van der Waals surface area contributed by atoms with Gasteiger partial charge >= 0.3 is 0 Å². The summed E-state index contributed by atoms with van der Waals surface area (Å²) in [6.07, 6.45) is 3.28. The lowest BCUT2D eigenvalue weighted by molar-refractivity contribution is -0.140. The van der Waals surface area contributed by atoms with E-state index >= 15 is 0 Å². The molecule has 0 saturated carbocycles. The second-order valence-corrected chi connectivity index (χ2v) is 9.04. The van der Waals surface area contributed by atoms with Crippen LogP contribution in [0.15, 0.2) is 95.2 Å². The lowest BCUT2D eigenvalue weighted by atomic mass is 9.99. The van der Waals surface area contributed by atoms with Crippen LogP contribution >= 0.6 is 0 Å². The summed E-state index contributed by atoms with van der Waals surface area (Å²) in [5, 5.41) is 11.2. The van der Waals surface area contributed by atoms with E-state index in [-0.39, 0.29) is 17.9 Å². The molecule has 2 aromatic carbocycles. The number of aliphatic hydroxyl groups is 1. The highest BCUT2D eigenvalue weighted by molar-refractivity contribution is 6.46. The Hall–Kier alpha value is -4.65. The minimum atomic E-state index is -0.869. The highest BCUT2D eigenvalue weighted by Crippen LogP contribution is 2.41. The number of aryl methyl sites for hydroxylation is 2. The molecule has 1 N–H and O–H groups in total. The van der Waals surface area contributed by atoms with Crippen LogP contribution in [-0.2, 0) is 22.7 Å². The molecule has 0 bridgehead atoms. The van der Waals surface area contributed by atoms with Crippen LogP contribution in [0.5, 0.6) is 5.75 Å². The summed E-state index contributed by atoms with van der Waals surface area (Å²) in [6.45, 7) is 4.36. The second kappa shape index (κ2) is 10.1. The van der Waals surface area contributed by atoms with Gasteiger partial charge in [0.1, 0.15) is 35.7 Å². The predicted molar refractivity (Wildman–Crippen MR) is 137 cm³/mol. The standard InChI is InChI=1S/C30H26N2O5/c1-19-5-3-6-21(15-19)18-36-24-11-9-23(10-12-24)28(33)26-27(25-13-8-20(2)37-25)32(30(35)29(26)34)17-22-7-4-14-31-16-22/h3-16,27,33H,17-18H2,1-2H3/b28-26-. The maximum atomic E-state index is 13.2. The van der Waals surface area contributed by atoms with E-state index in [1.54, 1.807) is 61.8 Å². The Bertz CT molecular complexity index is 1470. The van der Waals surface area contributed by atoms with Gasteiger partial charge in [-0.05, 0) is 67.4 Å². The monoisotopic (exact) mass is 494 g/mol. The number of Topliss-reactive ketones (excluding diaryl/α,β-unsaturated/α-hetero) is 1. The third-order valence-electron chi connectivity index (χ3n) is 6.26. The molecule has 1 unspecified atom stereocenters. The highest BCUT2D eigenvalue weighted by atomic mass is 16.5. The third-order valence-corrected chi connectivity index (χ3v) is 6.26. The number of hydrogen-bond acceptors (Lipinski definition) is 6. The van der Waals surface area contributed by atoms with E-state index in [9.17, 15) is 14.7 Å². The third kappa shape index (κ3) is 5.02. The number of amides is 1. The molecule has 0 spiro atoms. The summed E-state index contributed by atoms with van der Waals surface area (Å²) in [4.78, 5) is 31.8. The Morgan fingerprint density at radius 3 is 2.46 bits per heavy atom. The molecular formula is C30H26N2O5. The number of aromatic nitrogens is 1. The van der Waals surface area contributed by atoms with Crippen molar-refractivity contribution in [3.05, 3.63) is 125 Å². The molecular weight excluding hydrogens is 468 g/mol. The molecule has 2 aromatic heterocycles. The molecule has 1 atom stereocenters. The molecule has 1 saturated heterocycles. The summed E-state index contributed by atoms with van der Waals surface area (Å²) in [6, 6.07) is 21.0. The molecule has 5 rings (SSSR count). The zero-order valence-electron chi connectivity index (χ0n) is 20.5. The predicted octanol–water partition coefficient (Wildman–Crippen LogP) is 5.49. The number of furan rings is 1. The van der Waals surface area contributed by atoms with Crippen LogP contribution in [-0.4, -0.2) is 26.7 Å². The van der Waals surface area contributed by atoms with Crippen LogP contribution in [0.3, 0.4) is 0 Å². The molecule has 4 aromatic rings. The van der Waals surface area contributed by atoms with E-state index < -0.39 is 17.7 Å². The van der Waals surface area contributed by atoms with E-state index in [1.807, 2.05) is 31.2 Å². The Morgan fingerprint density at radius 2 is 1.78 bits per heavy atom. The summed E-state index contributed by atoms with van der Waals surface area (Å²) in [7, 11) is 0. The number of carbonyl (C=O) groups is 2. The van der Waals surface area contributed by atoms with Gasteiger partial charge in [-0.25, -0.2) is 0 Å². The van der Waals surface area contributed by atoms with Crippen LogP contribution in [0, 0.1) is 13.8 Å². The summed E-state index contributed by atoms with van der Waals surface area (Å²) >= 11 is 0. The molecule has 1 aliphatic rings. The smallest absolute Gasteiger partial charge is 0.296 e. The molecule has 0 aliphatic carbocycles. The fraction of sp³-hybridized carbons (Fsp3) is 0.167. The van der Waals surface area contributed by atoms with Gasteiger partial charge in [0, 0.05) is 24.5 Å². The zero-order chi connectivity index (χ0) is 25.9. The summed E-state index contributed by atoms with van der Waals surface area (Å²) in [5.74, 6) is -0.0790. The quantitative estimate of drug-likeness (QED) is 0.207. The Labute approximate surface area is 214 Å². The van der Waals surface area contributed by atoms with Gasteiger partial charge < -0.3 is 19.2 Å². The first-order chi connectivity index (χ1) is 17.9. The maximum absolute atomic E-state index is 13.2. The lowest BCUT2D eigenvalue weighted by Crippen LogP contribution is -2.29. The number of rotatable bonds is 7. The molecule has 3 heterocycles. The maximum Gasteiger partial charge on any atom is 0.296 e. The SMILES string of the molecule is Cc1cccc(COc2ccc(/C(O)=C3/C(=O)C(=O)N(Cc4cccnc4)C3c3ccc(C)o3)cc2)c1. The van der Waals surface area contributed by atoms with E-state index in [1.165, 1.54) is 4.90 Å². The Kier molecular flexibility index (Phi) is 6.60. The van der Waals surface area contributed by atoms with Crippen LogP contribution in [0.1, 0.15) is 39.8 Å². The second-order valence-electron chi connectivity index (χ2n) is 9.04. The van der Waals surface area contributed by atoms with E-state index in [2.05, 4.69) is 11.1 Å². The molecule has 186 valence electrons.